The van der Waals surface area contributed by atoms with Crippen LogP contribution in [0.1, 0.15) is 28.4 Å². The zero-order chi connectivity index (χ0) is 23.9. The van der Waals surface area contributed by atoms with Gasteiger partial charge in [0.05, 0.1) is 6.61 Å². The molecule has 178 valence electrons. The third-order valence-electron chi connectivity index (χ3n) is 6.57. The first-order chi connectivity index (χ1) is 17.0. The molecule has 2 aliphatic heterocycles. The molecular weight excluding hydrogens is 447 g/mol. The first kappa shape index (κ1) is 21.7. The zero-order valence-corrected chi connectivity index (χ0v) is 19.3. The number of amides is 1. The maximum Gasteiger partial charge on any atom is 0.416 e. The summed E-state index contributed by atoms with van der Waals surface area (Å²) in [6, 6.07) is 19.3. The Balaban J connectivity index is 1.35. The standard InChI is InChI=1S/C28H25FN2O4/c1-17-2-11-25-24(14-17)23-12-13-31(28(32)35-21-9-5-19(29)6-10-21)27(26(23)30-25)18-3-7-20(8-4-18)33-15-22-16-34-22/h2-11,14,22,27,30H,12-13,15-16H2,1H3. The van der Waals surface area contributed by atoms with E-state index in [4.69, 9.17) is 14.2 Å². The van der Waals surface area contributed by atoms with Crippen LogP contribution in [-0.2, 0) is 11.2 Å². The average molecular weight is 473 g/mol. The topological polar surface area (TPSA) is 67.1 Å². The molecule has 2 atom stereocenters. The van der Waals surface area contributed by atoms with Crippen molar-refractivity contribution in [1.29, 1.82) is 0 Å². The average Bonchev–Trinajstić information content (AvgIpc) is 3.63. The van der Waals surface area contributed by atoms with Gasteiger partial charge < -0.3 is 19.2 Å². The predicted molar refractivity (Wildman–Crippen MR) is 129 cm³/mol. The molecule has 1 aromatic heterocycles. The molecule has 1 fully saturated rings. The van der Waals surface area contributed by atoms with Crippen LogP contribution in [-0.4, -0.2) is 41.8 Å². The third kappa shape index (κ3) is 4.35. The van der Waals surface area contributed by atoms with E-state index in [-0.39, 0.29) is 18.0 Å². The van der Waals surface area contributed by atoms with Crippen LogP contribution in [0, 0.1) is 12.7 Å². The Labute approximate surface area is 202 Å². The maximum absolute atomic E-state index is 13.3. The summed E-state index contributed by atoms with van der Waals surface area (Å²) in [5.41, 5.74) is 5.37. The monoisotopic (exact) mass is 472 g/mol. The number of ether oxygens (including phenoxy) is 3. The molecule has 1 saturated heterocycles. The van der Waals surface area contributed by atoms with Crippen molar-refractivity contribution in [2.45, 2.75) is 25.5 Å². The van der Waals surface area contributed by atoms with E-state index in [1.165, 1.54) is 40.8 Å². The van der Waals surface area contributed by atoms with E-state index in [0.29, 0.717) is 25.3 Å². The van der Waals surface area contributed by atoms with Crippen LogP contribution in [0.15, 0.2) is 66.7 Å². The summed E-state index contributed by atoms with van der Waals surface area (Å²) in [5.74, 6) is 0.682. The van der Waals surface area contributed by atoms with Crippen molar-refractivity contribution in [3.05, 3.63) is 94.9 Å². The van der Waals surface area contributed by atoms with Crippen molar-refractivity contribution in [2.75, 3.05) is 19.8 Å². The second-order valence-electron chi connectivity index (χ2n) is 9.07. The number of aromatic nitrogens is 1. The molecule has 6 rings (SSSR count). The van der Waals surface area contributed by atoms with Crippen LogP contribution in [0.25, 0.3) is 10.9 Å². The van der Waals surface area contributed by atoms with Gasteiger partial charge in [-0.05, 0) is 73.0 Å². The first-order valence-electron chi connectivity index (χ1n) is 11.7. The summed E-state index contributed by atoms with van der Waals surface area (Å²) in [7, 11) is 0. The lowest BCUT2D eigenvalue weighted by molar-refractivity contribution is 0.135. The summed E-state index contributed by atoms with van der Waals surface area (Å²) in [6.45, 7) is 3.85. The second-order valence-corrected chi connectivity index (χ2v) is 9.07. The number of H-pyrrole nitrogens is 1. The molecule has 0 radical (unpaired) electrons. The van der Waals surface area contributed by atoms with Crippen molar-refractivity contribution in [3.8, 4) is 11.5 Å². The number of nitrogens with zero attached hydrogens (tertiary/aromatic N) is 1. The fourth-order valence-electron chi connectivity index (χ4n) is 4.71. The molecule has 0 saturated carbocycles. The SMILES string of the molecule is Cc1ccc2[nH]c3c(c2c1)CCN(C(=O)Oc1ccc(F)cc1)C3c1ccc(OCC2CO2)cc1. The van der Waals surface area contributed by atoms with Crippen molar-refractivity contribution in [3.63, 3.8) is 0 Å². The molecule has 35 heavy (non-hydrogen) atoms. The van der Waals surface area contributed by atoms with Crippen LogP contribution >= 0.6 is 0 Å². The Bertz CT molecular complexity index is 1380. The van der Waals surface area contributed by atoms with Crippen LogP contribution in [0.4, 0.5) is 9.18 Å². The van der Waals surface area contributed by atoms with Crippen LogP contribution in [0.5, 0.6) is 11.5 Å². The van der Waals surface area contributed by atoms with Gasteiger partial charge in [0.25, 0.3) is 0 Å². The first-order valence-corrected chi connectivity index (χ1v) is 11.7. The lowest BCUT2D eigenvalue weighted by Crippen LogP contribution is -2.42. The van der Waals surface area contributed by atoms with Gasteiger partial charge in [-0.2, -0.15) is 0 Å². The zero-order valence-electron chi connectivity index (χ0n) is 19.3. The molecule has 0 spiro atoms. The third-order valence-corrected chi connectivity index (χ3v) is 6.57. The number of hydrogen-bond donors (Lipinski definition) is 1. The Morgan fingerprint density at radius 1 is 1.09 bits per heavy atom. The van der Waals surface area contributed by atoms with E-state index < -0.39 is 6.09 Å². The molecule has 2 aliphatic rings. The highest BCUT2D eigenvalue weighted by molar-refractivity contribution is 5.87. The van der Waals surface area contributed by atoms with Gasteiger partial charge in [0.2, 0.25) is 0 Å². The van der Waals surface area contributed by atoms with Gasteiger partial charge >= 0.3 is 6.09 Å². The number of fused-ring (bicyclic) bond motifs is 3. The van der Waals surface area contributed by atoms with E-state index >= 15 is 0 Å². The predicted octanol–water partition coefficient (Wildman–Crippen LogP) is 5.54. The Morgan fingerprint density at radius 2 is 1.83 bits per heavy atom. The number of hydrogen-bond acceptors (Lipinski definition) is 4. The molecule has 0 aliphatic carbocycles. The van der Waals surface area contributed by atoms with Gasteiger partial charge in [0.15, 0.2) is 0 Å². The fourth-order valence-corrected chi connectivity index (χ4v) is 4.71. The molecule has 3 heterocycles. The van der Waals surface area contributed by atoms with Gasteiger partial charge in [-0.3, -0.25) is 4.90 Å². The van der Waals surface area contributed by atoms with Crippen LogP contribution in [0.2, 0.25) is 0 Å². The van der Waals surface area contributed by atoms with Gasteiger partial charge in [-0.1, -0.05) is 23.8 Å². The minimum Gasteiger partial charge on any atom is -0.491 e. The highest BCUT2D eigenvalue weighted by Crippen LogP contribution is 2.39. The quantitative estimate of drug-likeness (QED) is 0.388. The Hall–Kier alpha value is -3.84. The van der Waals surface area contributed by atoms with Gasteiger partial charge in [0, 0.05) is 23.1 Å². The highest BCUT2D eigenvalue weighted by Gasteiger charge is 2.36. The molecule has 0 bridgehead atoms. The Morgan fingerprint density at radius 3 is 2.57 bits per heavy atom. The molecule has 2 unspecified atom stereocenters. The van der Waals surface area contributed by atoms with Crippen molar-refractivity contribution < 1.29 is 23.4 Å². The highest BCUT2D eigenvalue weighted by atomic mass is 19.1. The number of epoxide rings is 1. The number of aryl methyl sites for hydroxylation is 1. The minimum atomic E-state index is -0.478. The number of carbonyl (C=O) groups excluding carboxylic acids is 1. The minimum absolute atomic E-state index is 0.183. The summed E-state index contributed by atoms with van der Waals surface area (Å²) < 4.78 is 30.0. The van der Waals surface area contributed by atoms with E-state index in [2.05, 4.69) is 30.1 Å². The fraction of sp³-hybridized carbons (Fsp3) is 0.250. The number of halogens is 1. The van der Waals surface area contributed by atoms with Gasteiger partial charge in [-0.25, -0.2) is 9.18 Å². The summed E-state index contributed by atoms with van der Waals surface area (Å²) in [4.78, 5) is 18.6. The van der Waals surface area contributed by atoms with E-state index in [1.54, 1.807) is 4.90 Å². The number of nitrogens with one attached hydrogen (secondary N) is 1. The number of carbonyl (C=O) groups is 1. The molecule has 3 aromatic carbocycles. The second kappa shape index (κ2) is 8.74. The van der Waals surface area contributed by atoms with E-state index in [9.17, 15) is 9.18 Å². The molecule has 1 amide bonds. The molecule has 6 nitrogen and oxygen atoms in total. The van der Waals surface area contributed by atoms with Crippen molar-refractivity contribution in [1.82, 2.24) is 9.88 Å². The van der Waals surface area contributed by atoms with Crippen molar-refractivity contribution >= 4 is 17.0 Å². The lowest BCUT2D eigenvalue weighted by Gasteiger charge is -2.35. The smallest absolute Gasteiger partial charge is 0.416 e. The van der Waals surface area contributed by atoms with Crippen molar-refractivity contribution in [2.24, 2.45) is 0 Å². The maximum atomic E-state index is 13.3. The normalized spacial score (nSPS) is 18.9. The summed E-state index contributed by atoms with van der Waals surface area (Å²) in [6.07, 6.45) is 0.409. The van der Waals surface area contributed by atoms with Crippen LogP contribution in [0.3, 0.4) is 0 Å². The van der Waals surface area contributed by atoms with Crippen LogP contribution < -0.4 is 9.47 Å². The lowest BCUT2D eigenvalue weighted by atomic mass is 9.92. The molecule has 4 aromatic rings. The Kier molecular flexibility index (Phi) is 5.41. The summed E-state index contributed by atoms with van der Waals surface area (Å²) in [5, 5.41) is 1.18. The van der Waals surface area contributed by atoms with Gasteiger partial charge in [-0.15, -0.1) is 0 Å². The van der Waals surface area contributed by atoms with Gasteiger partial charge in [0.1, 0.15) is 36.1 Å². The summed E-state index contributed by atoms with van der Waals surface area (Å²) >= 11 is 0. The van der Waals surface area contributed by atoms with E-state index in [1.807, 2.05) is 24.3 Å². The van der Waals surface area contributed by atoms with E-state index in [0.717, 1.165) is 29.1 Å². The number of benzene rings is 3. The molecular formula is C28H25FN2O4. The molecule has 1 N–H and O–H groups in total. The number of rotatable bonds is 5. The molecule has 7 heteroatoms. The number of aromatic amines is 1. The largest absolute Gasteiger partial charge is 0.491 e.